The Hall–Kier alpha value is -2.11. The zero-order chi connectivity index (χ0) is 15.4. The van der Waals surface area contributed by atoms with E-state index in [-0.39, 0.29) is 25.2 Å². The average Bonchev–Trinajstić information content (AvgIpc) is 2.46. The monoisotopic (exact) mass is 323 g/mol. The summed E-state index contributed by atoms with van der Waals surface area (Å²) < 4.78 is 0. The second-order valence-electron chi connectivity index (χ2n) is 5.10. The van der Waals surface area contributed by atoms with Gasteiger partial charge in [0.05, 0.1) is 5.92 Å². The lowest BCUT2D eigenvalue weighted by molar-refractivity contribution is -0.143. The summed E-state index contributed by atoms with van der Waals surface area (Å²) in [5.74, 6) is -3.02. The Kier molecular flexibility index (Phi) is 6.34. The Morgan fingerprint density at radius 3 is 2.23 bits per heavy atom. The molecular weight excluding hydrogens is 306 g/mol. The van der Waals surface area contributed by atoms with E-state index in [1.165, 1.54) is 0 Å². The summed E-state index contributed by atoms with van der Waals surface area (Å²) in [6.07, 6.45) is 0.179. The van der Waals surface area contributed by atoms with Crippen LogP contribution < -0.4 is 5.73 Å². The molecule has 5 nitrogen and oxygen atoms in total. The van der Waals surface area contributed by atoms with Crippen LogP contribution in [-0.2, 0) is 16.0 Å². The SMILES string of the molecule is Cl.N[C@@H](C[C@@H](Cc1ccc2ccccc2c1)C(=O)O)C(=O)O. The van der Waals surface area contributed by atoms with Crippen molar-refractivity contribution in [1.29, 1.82) is 0 Å². The molecule has 0 aliphatic heterocycles. The van der Waals surface area contributed by atoms with Gasteiger partial charge in [0.15, 0.2) is 0 Å². The number of hydrogen-bond donors (Lipinski definition) is 3. The number of carboxylic acids is 2. The number of aliphatic carboxylic acids is 2. The van der Waals surface area contributed by atoms with Crippen molar-refractivity contribution < 1.29 is 19.8 Å². The molecule has 2 rings (SSSR count). The minimum atomic E-state index is -1.18. The molecule has 0 spiro atoms. The molecule has 0 radical (unpaired) electrons. The van der Waals surface area contributed by atoms with Gasteiger partial charge >= 0.3 is 11.9 Å². The number of carbonyl (C=O) groups is 2. The second-order valence-corrected chi connectivity index (χ2v) is 5.10. The predicted octanol–water partition coefficient (Wildman–Crippen LogP) is 2.31. The van der Waals surface area contributed by atoms with Crippen LogP contribution in [0.4, 0.5) is 0 Å². The standard InChI is InChI=1S/C16H17NO4.ClH/c17-14(16(20)21)9-13(15(18)19)8-10-5-6-11-3-1-2-4-12(11)7-10;/h1-7,13-14H,8-9,17H2,(H,18,19)(H,20,21);1H/t13-,14+;/m1./s1. The van der Waals surface area contributed by atoms with Crippen molar-refractivity contribution in [3.05, 3.63) is 48.0 Å². The van der Waals surface area contributed by atoms with E-state index in [1.54, 1.807) is 0 Å². The Bertz CT molecular complexity index is 674. The second kappa shape index (κ2) is 7.77. The third kappa shape index (κ3) is 4.44. The molecule has 0 saturated carbocycles. The first-order valence-corrected chi connectivity index (χ1v) is 6.66. The highest BCUT2D eigenvalue weighted by molar-refractivity contribution is 5.85. The van der Waals surface area contributed by atoms with Gasteiger partial charge in [-0.05, 0) is 29.2 Å². The molecule has 0 aromatic heterocycles. The number of carboxylic acid groups (broad SMARTS) is 2. The summed E-state index contributed by atoms with van der Waals surface area (Å²) in [6.45, 7) is 0. The van der Waals surface area contributed by atoms with Gasteiger partial charge in [-0.15, -0.1) is 12.4 Å². The van der Waals surface area contributed by atoms with E-state index in [0.717, 1.165) is 16.3 Å². The summed E-state index contributed by atoms with van der Waals surface area (Å²) in [5, 5.41) is 20.1. The van der Waals surface area contributed by atoms with Crippen molar-refractivity contribution in [1.82, 2.24) is 0 Å². The van der Waals surface area contributed by atoms with E-state index in [4.69, 9.17) is 10.8 Å². The molecule has 4 N–H and O–H groups in total. The van der Waals surface area contributed by atoms with Crippen molar-refractivity contribution in [3.8, 4) is 0 Å². The molecule has 2 aromatic carbocycles. The molecule has 118 valence electrons. The van der Waals surface area contributed by atoms with Gasteiger partial charge in [-0.3, -0.25) is 9.59 Å². The van der Waals surface area contributed by atoms with Crippen LogP contribution in [0.2, 0.25) is 0 Å². The van der Waals surface area contributed by atoms with Gasteiger partial charge in [-0.1, -0.05) is 42.5 Å². The highest BCUT2D eigenvalue weighted by atomic mass is 35.5. The Labute approximate surface area is 134 Å². The largest absolute Gasteiger partial charge is 0.481 e. The molecule has 6 heteroatoms. The number of nitrogens with two attached hydrogens (primary N) is 1. The van der Waals surface area contributed by atoms with Crippen LogP contribution in [0, 0.1) is 5.92 Å². The minimum Gasteiger partial charge on any atom is -0.481 e. The van der Waals surface area contributed by atoms with Crippen LogP contribution in [0.15, 0.2) is 42.5 Å². The Morgan fingerprint density at radius 1 is 1.00 bits per heavy atom. The highest BCUT2D eigenvalue weighted by Gasteiger charge is 2.24. The molecule has 0 aliphatic rings. The normalized spacial score (nSPS) is 13.1. The van der Waals surface area contributed by atoms with Crippen LogP contribution >= 0.6 is 12.4 Å². The number of benzene rings is 2. The number of halogens is 1. The first-order valence-electron chi connectivity index (χ1n) is 6.66. The molecule has 0 unspecified atom stereocenters. The average molecular weight is 324 g/mol. The van der Waals surface area contributed by atoms with Gasteiger partial charge < -0.3 is 15.9 Å². The lowest BCUT2D eigenvalue weighted by atomic mass is 9.92. The molecule has 0 bridgehead atoms. The summed E-state index contributed by atoms with van der Waals surface area (Å²) >= 11 is 0. The molecule has 0 amide bonds. The van der Waals surface area contributed by atoms with Gasteiger partial charge in [-0.25, -0.2) is 0 Å². The third-order valence-electron chi connectivity index (χ3n) is 3.50. The fraction of sp³-hybridized carbons (Fsp3) is 0.250. The first-order chi connectivity index (χ1) is 9.97. The van der Waals surface area contributed by atoms with Crippen molar-refractivity contribution in [2.75, 3.05) is 0 Å². The molecule has 22 heavy (non-hydrogen) atoms. The minimum absolute atomic E-state index is 0. The van der Waals surface area contributed by atoms with Crippen molar-refractivity contribution >= 4 is 35.1 Å². The van der Waals surface area contributed by atoms with Gasteiger partial charge in [0, 0.05) is 0 Å². The molecule has 0 fully saturated rings. The Balaban J connectivity index is 0.00000242. The van der Waals surface area contributed by atoms with E-state index in [1.807, 2.05) is 42.5 Å². The van der Waals surface area contributed by atoms with E-state index >= 15 is 0 Å². The molecule has 0 saturated heterocycles. The van der Waals surface area contributed by atoms with Crippen LogP contribution in [0.25, 0.3) is 10.8 Å². The van der Waals surface area contributed by atoms with Gasteiger partial charge in [-0.2, -0.15) is 0 Å². The smallest absolute Gasteiger partial charge is 0.320 e. The maximum Gasteiger partial charge on any atom is 0.320 e. The van der Waals surface area contributed by atoms with Crippen molar-refractivity contribution in [2.24, 2.45) is 11.7 Å². The summed E-state index contributed by atoms with van der Waals surface area (Å²) in [7, 11) is 0. The Morgan fingerprint density at radius 2 is 1.64 bits per heavy atom. The fourth-order valence-corrected chi connectivity index (χ4v) is 2.33. The summed E-state index contributed by atoms with van der Waals surface area (Å²) in [5.41, 5.74) is 6.30. The topological polar surface area (TPSA) is 101 Å². The molecular formula is C16H18ClNO4. The van der Waals surface area contributed by atoms with Crippen molar-refractivity contribution in [2.45, 2.75) is 18.9 Å². The molecule has 2 atom stereocenters. The zero-order valence-electron chi connectivity index (χ0n) is 11.8. The maximum absolute atomic E-state index is 11.3. The molecule has 2 aromatic rings. The number of hydrogen-bond acceptors (Lipinski definition) is 3. The summed E-state index contributed by atoms with van der Waals surface area (Å²) in [6, 6.07) is 12.4. The highest BCUT2D eigenvalue weighted by Crippen LogP contribution is 2.20. The van der Waals surface area contributed by atoms with Crippen LogP contribution in [0.3, 0.4) is 0 Å². The van der Waals surface area contributed by atoms with E-state index in [0.29, 0.717) is 0 Å². The predicted molar refractivity (Wildman–Crippen MR) is 86.3 cm³/mol. The van der Waals surface area contributed by atoms with E-state index < -0.39 is 23.9 Å². The molecule has 0 heterocycles. The quantitative estimate of drug-likeness (QED) is 0.757. The molecule has 0 aliphatic carbocycles. The van der Waals surface area contributed by atoms with Crippen LogP contribution in [-0.4, -0.2) is 28.2 Å². The third-order valence-corrected chi connectivity index (χ3v) is 3.50. The number of rotatable bonds is 6. The maximum atomic E-state index is 11.3. The zero-order valence-corrected chi connectivity index (χ0v) is 12.6. The van der Waals surface area contributed by atoms with E-state index in [2.05, 4.69) is 0 Å². The van der Waals surface area contributed by atoms with E-state index in [9.17, 15) is 14.7 Å². The van der Waals surface area contributed by atoms with Crippen molar-refractivity contribution in [3.63, 3.8) is 0 Å². The van der Waals surface area contributed by atoms with Gasteiger partial charge in [0.2, 0.25) is 0 Å². The van der Waals surface area contributed by atoms with Crippen LogP contribution in [0.1, 0.15) is 12.0 Å². The fourth-order valence-electron chi connectivity index (χ4n) is 2.33. The van der Waals surface area contributed by atoms with Crippen LogP contribution in [0.5, 0.6) is 0 Å². The number of fused-ring (bicyclic) bond motifs is 1. The lowest BCUT2D eigenvalue weighted by Gasteiger charge is -2.15. The first kappa shape index (κ1) is 17.9. The van der Waals surface area contributed by atoms with Gasteiger partial charge in [0.1, 0.15) is 6.04 Å². The lowest BCUT2D eigenvalue weighted by Crippen LogP contribution is -2.35. The van der Waals surface area contributed by atoms with Gasteiger partial charge in [0.25, 0.3) is 0 Å². The summed E-state index contributed by atoms with van der Waals surface area (Å²) in [4.78, 5) is 22.0.